The molecular formula is C13H14BrNO4. The van der Waals surface area contributed by atoms with Gasteiger partial charge in [-0.1, -0.05) is 15.9 Å². The van der Waals surface area contributed by atoms with Crippen molar-refractivity contribution in [2.24, 2.45) is 5.92 Å². The second kappa shape index (κ2) is 6.06. The minimum absolute atomic E-state index is 0.0909. The standard InChI is InChI=1S/C13H14BrNO4/c14-10-1-3-11(4-2-10)19-6-5-15-8-9(13(17)18)7-12(15)16/h1-4,9H,5-8H2,(H,17,18). The van der Waals surface area contributed by atoms with Crippen LogP contribution in [0.5, 0.6) is 5.75 Å². The van der Waals surface area contributed by atoms with Crippen LogP contribution in [0.4, 0.5) is 0 Å². The predicted octanol–water partition coefficient (Wildman–Crippen LogP) is 1.76. The monoisotopic (exact) mass is 327 g/mol. The van der Waals surface area contributed by atoms with Crippen LogP contribution in [-0.4, -0.2) is 41.6 Å². The summed E-state index contributed by atoms with van der Waals surface area (Å²) in [6.45, 7) is 1.05. The molecule has 102 valence electrons. The second-order valence-corrected chi connectivity index (χ2v) is 5.30. The molecule has 1 fully saturated rings. The summed E-state index contributed by atoms with van der Waals surface area (Å²) in [5.41, 5.74) is 0. The van der Waals surface area contributed by atoms with E-state index in [4.69, 9.17) is 9.84 Å². The van der Waals surface area contributed by atoms with Crippen molar-refractivity contribution in [2.75, 3.05) is 19.7 Å². The molecule has 5 nitrogen and oxygen atoms in total. The van der Waals surface area contributed by atoms with Crippen LogP contribution in [-0.2, 0) is 9.59 Å². The molecule has 1 aliphatic heterocycles. The Kier molecular flexibility index (Phi) is 4.42. The van der Waals surface area contributed by atoms with Crippen molar-refractivity contribution in [1.82, 2.24) is 4.90 Å². The number of likely N-dealkylation sites (tertiary alicyclic amines) is 1. The van der Waals surface area contributed by atoms with Crippen LogP contribution in [0.1, 0.15) is 6.42 Å². The van der Waals surface area contributed by atoms with E-state index < -0.39 is 11.9 Å². The molecule has 6 heteroatoms. The van der Waals surface area contributed by atoms with Gasteiger partial charge in [0.05, 0.1) is 12.5 Å². The summed E-state index contributed by atoms with van der Waals surface area (Å²) in [6, 6.07) is 7.40. The van der Waals surface area contributed by atoms with Gasteiger partial charge in [-0.25, -0.2) is 0 Å². The Morgan fingerprint density at radius 1 is 1.42 bits per heavy atom. The lowest BCUT2D eigenvalue weighted by molar-refractivity contribution is -0.141. The maximum Gasteiger partial charge on any atom is 0.308 e. The largest absolute Gasteiger partial charge is 0.492 e. The predicted molar refractivity (Wildman–Crippen MR) is 72.0 cm³/mol. The van der Waals surface area contributed by atoms with Crippen LogP contribution in [0, 0.1) is 5.92 Å². The number of amides is 1. The summed E-state index contributed by atoms with van der Waals surface area (Å²) in [7, 11) is 0. The zero-order valence-corrected chi connectivity index (χ0v) is 11.8. The minimum Gasteiger partial charge on any atom is -0.492 e. The molecule has 1 amide bonds. The number of carbonyl (C=O) groups excluding carboxylic acids is 1. The van der Waals surface area contributed by atoms with E-state index in [9.17, 15) is 9.59 Å². The summed E-state index contributed by atoms with van der Waals surface area (Å²) >= 11 is 3.33. The summed E-state index contributed by atoms with van der Waals surface area (Å²) in [5.74, 6) is -0.888. The highest BCUT2D eigenvalue weighted by Crippen LogP contribution is 2.19. The van der Waals surface area contributed by atoms with E-state index in [-0.39, 0.29) is 18.9 Å². The molecule has 1 aromatic rings. The Labute approximate surface area is 119 Å². The molecule has 0 aliphatic carbocycles. The number of carbonyl (C=O) groups is 2. The molecule has 0 spiro atoms. The first-order valence-electron chi connectivity index (χ1n) is 5.95. The molecule has 19 heavy (non-hydrogen) atoms. The Bertz CT molecular complexity index is 474. The zero-order chi connectivity index (χ0) is 13.8. The number of ether oxygens (including phenoxy) is 1. The Hall–Kier alpha value is -1.56. The number of nitrogens with zero attached hydrogens (tertiary/aromatic N) is 1. The first-order chi connectivity index (χ1) is 9.06. The number of aliphatic carboxylic acids is 1. The third-order valence-corrected chi connectivity index (χ3v) is 3.54. The van der Waals surface area contributed by atoms with Gasteiger partial charge in [-0.2, -0.15) is 0 Å². The van der Waals surface area contributed by atoms with E-state index in [1.807, 2.05) is 24.3 Å². The van der Waals surface area contributed by atoms with Crippen LogP contribution in [0.25, 0.3) is 0 Å². The number of hydrogen-bond donors (Lipinski definition) is 1. The van der Waals surface area contributed by atoms with Crippen molar-refractivity contribution in [2.45, 2.75) is 6.42 Å². The molecule has 1 unspecified atom stereocenters. The van der Waals surface area contributed by atoms with E-state index in [1.165, 1.54) is 4.90 Å². The maximum atomic E-state index is 11.6. The number of hydrogen-bond acceptors (Lipinski definition) is 3. The van der Waals surface area contributed by atoms with Crippen LogP contribution >= 0.6 is 15.9 Å². The first-order valence-corrected chi connectivity index (χ1v) is 6.74. The van der Waals surface area contributed by atoms with Gasteiger partial charge in [-0.05, 0) is 24.3 Å². The van der Waals surface area contributed by atoms with E-state index in [0.29, 0.717) is 13.2 Å². The molecule has 1 atom stereocenters. The van der Waals surface area contributed by atoms with Crippen LogP contribution in [0.3, 0.4) is 0 Å². The van der Waals surface area contributed by atoms with Gasteiger partial charge < -0.3 is 14.7 Å². The summed E-state index contributed by atoms with van der Waals surface area (Å²) in [6.07, 6.45) is 0.0909. The van der Waals surface area contributed by atoms with Crippen molar-refractivity contribution in [3.05, 3.63) is 28.7 Å². The van der Waals surface area contributed by atoms with E-state index in [0.717, 1.165) is 10.2 Å². The smallest absolute Gasteiger partial charge is 0.308 e. The summed E-state index contributed by atoms with van der Waals surface area (Å²) in [5, 5.41) is 8.86. The maximum absolute atomic E-state index is 11.6. The quantitative estimate of drug-likeness (QED) is 0.894. The van der Waals surface area contributed by atoms with Crippen LogP contribution < -0.4 is 4.74 Å². The zero-order valence-electron chi connectivity index (χ0n) is 10.2. The Balaban J connectivity index is 1.78. The fourth-order valence-electron chi connectivity index (χ4n) is 1.96. The highest BCUT2D eigenvalue weighted by Gasteiger charge is 2.33. The number of halogens is 1. The lowest BCUT2D eigenvalue weighted by Crippen LogP contribution is -2.30. The average molecular weight is 328 g/mol. The Morgan fingerprint density at radius 3 is 2.68 bits per heavy atom. The molecule has 2 rings (SSSR count). The molecule has 0 saturated carbocycles. The van der Waals surface area contributed by atoms with Crippen molar-refractivity contribution in [3.63, 3.8) is 0 Å². The molecule has 1 saturated heterocycles. The number of rotatable bonds is 5. The fourth-order valence-corrected chi connectivity index (χ4v) is 2.22. The van der Waals surface area contributed by atoms with Gasteiger partial charge in [0.2, 0.25) is 5.91 Å². The van der Waals surface area contributed by atoms with Gasteiger partial charge in [0, 0.05) is 17.4 Å². The number of carboxylic acids is 1. The first kappa shape index (κ1) is 13.9. The van der Waals surface area contributed by atoms with Crippen molar-refractivity contribution >= 4 is 27.8 Å². The molecular weight excluding hydrogens is 314 g/mol. The van der Waals surface area contributed by atoms with Crippen molar-refractivity contribution < 1.29 is 19.4 Å². The summed E-state index contributed by atoms with van der Waals surface area (Å²) < 4.78 is 6.48. The molecule has 1 N–H and O–H groups in total. The van der Waals surface area contributed by atoms with E-state index >= 15 is 0 Å². The number of carboxylic acid groups (broad SMARTS) is 1. The number of benzene rings is 1. The van der Waals surface area contributed by atoms with Crippen LogP contribution in [0.15, 0.2) is 28.7 Å². The van der Waals surface area contributed by atoms with Gasteiger partial charge in [0.25, 0.3) is 0 Å². The lowest BCUT2D eigenvalue weighted by Gasteiger charge is -2.16. The highest BCUT2D eigenvalue weighted by molar-refractivity contribution is 9.10. The molecule has 1 aliphatic rings. The molecule has 1 heterocycles. The molecule has 0 aromatic heterocycles. The van der Waals surface area contributed by atoms with Crippen molar-refractivity contribution in [3.8, 4) is 5.75 Å². The fraction of sp³-hybridized carbons (Fsp3) is 0.385. The van der Waals surface area contributed by atoms with Crippen LogP contribution in [0.2, 0.25) is 0 Å². The Morgan fingerprint density at radius 2 is 2.11 bits per heavy atom. The molecule has 0 bridgehead atoms. The normalized spacial score (nSPS) is 18.7. The van der Waals surface area contributed by atoms with Gasteiger partial charge >= 0.3 is 5.97 Å². The SMILES string of the molecule is O=C(O)C1CC(=O)N(CCOc2ccc(Br)cc2)C1. The average Bonchev–Trinajstić information content (AvgIpc) is 2.74. The molecule has 0 radical (unpaired) electrons. The van der Waals surface area contributed by atoms with E-state index in [2.05, 4.69) is 15.9 Å². The van der Waals surface area contributed by atoms with E-state index in [1.54, 1.807) is 0 Å². The topological polar surface area (TPSA) is 66.8 Å². The van der Waals surface area contributed by atoms with Gasteiger partial charge in [-0.3, -0.25) is 9.59 Å². The highest BCUT2D eigenvalue weighted by atomic mass is 79.9. The third kappa shape index (κ3) is 3.70. The van der Waals surface area contributed by atoms with Gasteiger partial charge in [0.15, 0.2) is 0 Å². The lowest BCUT2D eigenvalue weighted by atomic mass is 10.1. The van der Waals surface area contributed by atoms with Gasteiger partial charge in [-0.15, -0.1) is 0 Å². The second-order valence-electron chi connectivity index (χ2n) is 4.38. The molecule has 1 aromatic carbocycles. The summed E-state index contributed by atoms with van der Waals surface area (Å²) in [4.78, 5) is 23.9. The third-order valence-electron chi connectivity index (χ3n) is 3.01. The van der Waals surface area contributed by atoms with Crippen molar-refractivity contribution in [1.29, 1.82) is 0 Å². The minimum atomic E-state index is -0.912. The van der Waals surface area contributed by atoms with Gasteiger partial charge in [0.1, 0.15) is 12.4 Å².